The third kappa shape index (κ3) is 3.52. The second kappa shape index (κ2) is 7.20. The van der Waals surface area contributed by atoms with Crippen LogP contribution in [0.4, 0.5) is 4.39 Å². The van der Waals surface area contributed by atoms with E-state index in [2.05, 4.69) is 27.8 Å². The van der Waals surface area contributed by atoms with Gasteiger partial charge in [-0.1, -0.05) is 12.1 Å². The predicted molar refractivity (Wildman–Crippen MR) is 90.8 cm³/mol. The lowest BCUT2D eigenvalue weighted by Gasteiger charge is -1.99. The SMILES string of the molecule is Fc1ccc(C[n+]2ccc(-c3nc4ccccc4s3)cc2)cc1.[Br-]. The Morgan fingerprint density at radius 3 is 2.33 bits per heavy atom. The summed E-state index contributed by atoms with van der Waals surface area (Å²) in [5.74, 6) is -0.204. The smallest absolute Gasteiger partial charge is 0.173 e. The molecule has 4 rings (SSSR count). The zero-order valence-corrected chi connectivity index (χ0v) is 15.1. The van der Waals surface area contributed by atoms with Crippen molar-refractivity contribution in [2.75, 3.05) is 0 Å². The summed E-state index contributed by atoms with van der Waals surface area (Å²) in [6.07, 6.45) is 4.06. The van der Waals surface area contributed by atoms with Crippen LogP contribution in [0.1, 0.15) is 5.56 Å². The lowest BCUT2D eigenvalue weighted by Crippen LogP contribution is -3.00. The number of para-hydroxylation sites is 1. The lowest BCUT2D eigenvalue weighted by molar-refractivity contribution is -0.688. The monoisotopic (exact) mass is 400 g/mol. The van der Waals surface area contributed by atoms with Crippen LogP contribution in [-0.4, -0.2) is 4.98 Å². The quantitative estimate of drug-likeness (QED) is 0.475. The fourth-order valence-corrected chi connectivity index (χ4v) is 3.47. The van der Waals surface area contributed by atoms with Gasteiger partial charge < -0.3 is 17.0 Å². The molecule has 0 atom stereocenters. The summed E-state index contributed by atoms with van der Waals surface area (Å²) in [6.45, 7) is 0.723. The highest BCUT2D eigenvalue weighted by atomic mass is 79.9. The van der Waals surface area contributed by atoms with Gasteiger partial charge in [0, 0.05) is 23.3 Å². The topological polar surface area (TPSA) is 16.8 Å². The minimum Gasteiger partial charge on any atom is -1.00 e. The largest absolute Gasteiger partial charge is 1.00 e. The molecule has 0 bridgehead atoms. The van der Waals surface area contributed by atoms with E-state index < -0.39 is 0 Å². The van der Waals surface area contributed by atoms with Crippen LogP contribution in [0.2, 0.25) is 0 Å². The van der Waals surface area contributed by atoms with Crippen LogP contribution in [0.25, 0.3) is 20.8 Å². The Bertz CT molecular complexity index is 916. The highest BCUT2D eigenvalue weighted by molar-refractivity contribution is 7.21. The minimum atomic E-state index is -0.204. The summed E-state index contributed by atoms with van der Waals surface area (Å²) in [5.41, 5.74) is 3.22. The normalized spacial score (nSPS) is 10.5. The van der Waals surface area contributed by atoms with Gasteiger partial charge in [0.05, 0.1) is 10.2 Å². The highest BCUT2D eigenvalue weighted by Crippen LogP contribution is 2.29. The van der Waals surface area contributed by atoms with Crippen molar-refractivity contribution in [3.05, 3.63) is 84.4 Å². The zero-order valence-electron chi connectivity index (χ0n) is 12.7. The molecule has 0 saturated heterocycles. The summed E-state index contributed by atoms with van der Waals surface area (Å²) < 4.78 is 16.2. The van der Waals surface area contributed by atoms with E-state index in [4.69, 9.17) is 0 Å². The Morgan fingerprint density at radius 2 is 1.62 bits per heavy atom. The Morgan fingerprint density at radius 1 is 0.917 bits per heavy atom. The van der Waals surface area contributed by atoms with Crippen LogP contribution in [0.5, 0.6) is 0 Å². The van der Waals surface area contributed by atoms with Crippen molar-refractivity contribution in [3.63, 3.8) is 0 Å². The maximum atomic E-state index is 12.9. The summed E-state index contributed by atoms with van der Waals surface area (Å²) in [6, 6.07) is 18.9. The standard InChI is InChI=1S/C19H14FN2S.BrH/c20-16-7-5-14(6-8-16)13-22-11-9-15(10-12-22)19-21-17-3-1-2-4-18(17)23-19;/h1-12H,13H2;1H/q+1;/p-1. The average Bonchev–Trinajstić information content (AvgIpc) is 3.02. The molecule has 0 fully saturated rings. The van der Waals surface area contributed by atoms with E-state index in [1.165, 1.54) is 16.8 Å². The van der Waals surface area contributed by atoms with Gasteiger partial charge in [-0.3, -0.25) is 0 Å². The number of hydrogen-bond donors (Lipinski definition) is 0. The van der Waals surface area contributed by atoms with Gasteiger partial charge in [0.15, 0.2) is 18.9 Å². The molecule has 0 aliphatic rings. The number of benzene rings is 2. The maximum absolute atomic E-state index is 12.9. The van der Waals surface area contributed by atoms with Gasteiger partial charge >= 0.3 is 0 Å². The Kier molecular flexibility index (Phi) is 5.02. The first-order valence-electron chi connectivity index (χ1n) is 7.37. The third-order valence-electron chi connectivity index (χ3n) is 3.71. The van der Waals surface area contributed by atoms with Crippen molar-refractivity contribution < 1.29 is 25.9 Å². The molecule has 0 saturated carbocycles. The molecule has 5 heteroatoms. The van der Waals surface area contributed by atoms with Crippen LogP contribution < -0.4 is 21.5 Å². The van der Waals surface area contributed by atoms with Crippen LogP contribution in [-0.2, 0) is 6.54 Å². The molecule has 0 amide bonds. The maximum Gasteiger partial charge on any atom is 0.173 e. The lowest BCUT2D eigenvalue weighted by atomic mass is 10.2. The van der Waals surface area contributed by atoms with Crippen molar-refractivity contribution in [2.45, 2.75) is 6.54 Å². The van der Waals surface area contributed by atoms with Crippen LogP contribution in [0, 0.1) is 5.82 Å². The second-order valence-corrected chi connectivity index (χ2v) is 6.40. The van der Waals surface area contributed by atoms with Crippen molar-refractivity contribution >= 4 is 21.6 Å². The Labute approximate surface area is 154 Å². The van der Waals surface area contributed by atoms with E-state index >= 15 is 0 Å². The Balaban J connectivity index is 0.00000169. The molecule has 0 aliphatic heterocycles. The number of rotatable bonds is 3. The molecule has 2 aromatic carbocycles. The number of thiazole rings is 1. The number of hydrogen-bond acceptors (Lipinski definition) is 2. The van der Waals surface area contributed by atoms with Crippen molar-refractivity contribution in [1.82, 2.24) is 4.98 Å². The van der Waals surface area contributed by atoms with Crippen LogP contribution >= 0.6 is 11.3 Å². The number of fused-ring (bicyclic) bond motifs is 1. The number of halogens is 2. The summed E-state index contributed by atoms with van der Waals surface area (Å²) >= 11 is 1.70. The molecule has 2 heterocycles. The number of nitrogens with zero attached hydrogens (tertiary/aromatic N) is 2. The van der Waals surface area contributed by atoms with Crippen molar-refractivity contribution in [3.8, 4) is 10.6 Å². The molecule has 24 heavy (non-hydrogen) atoms. The zero-order chi connectivity index (χ0) is 15.6. The van der Waals surface area contributed by atoms with E-state index in [-0.39, 0.29) is 22.8 Å². The first-order valence-corrected chi connectivity index (χ1v) is 8.19. The molecule has 4 aromatic rings. The molecule has 2 nitrogen and oxygen atoms in total. The highest BCUT2D eigenvalue weighted by Gasteiger charge is 2.08. The third-order valence-corrected chi connectivity index (χ3v) is 4.80. The number of aromatic nitrogens is 2. The summed E-state index contributed by atoms with van der Waals surface area (Å²) in [4.78, 5) is 4.67. The summed E-state index contributed by atoms with van der Waals surface area (Å²) in [5, 5.41) is 1.03. The fourth-order valence-electron chi connectivity index (χ4n) is 2.50. The molecule has 0 unspecified atom stereocenters. The second-order valence-electron chi connectivity index (χ2n) is 5.37. The molecule has 0 spiro atoms. The molecular formula is C19H14BrFN2S. The molecule has 0 radical (unpaired) electrons. The minimum absolute atomic E-state index is 0. The van der Waals surface area contributed by atoms with Gasteiger partial charge in [-0.05, 0) is 36.4 Å². The molecular weight excluding hydrogens is 387 g/mol. The van der Waals surface area contributed by atoms with Gasteiger partial charge in [-0.15, -0.1) is 11.3 Å². The Hall–Kier alpha value is -2.11. The van der Waals surface area contributed by atoms with E-state index in [1.54, 1.807) is 11.3 Å². The van der Waals surface area contributed by atoms with E-state index in [0.29, 0.717) is 0 Å². The van der Waals surface area contributed by atoms with Crippen molar-refractivity contribution in [1.29, 1.82) is 0 Å². The first kappa shape index (κ1) is 16.7. The summed E-state index contributed by atoms with van der Waals surface area (Å²) in [7, 11) is 0. The van der Waals surface area contributed by atoms with Crippen molar-refractivity contribution in [2.24, 2.45) is 0 Å². The van der Waals surface area contributed by atoms with E-state index in [1.807, 2.05) is 42.7 Å². The van der Waals surface area contributed by atoms with Gasteiger partial charge in [-0.2, -0.15) is 0 Å². The predicted octanol–water partition coefficient (Wildman–Crippen LogP) is 1.44. The van der Waals surface area contributed by atoms with E-state index in [9.17, 15) is 4.39 Å². The van der Waals surface area contributed by atoms with Gasteiger partial charge in [-0.25, -0.2) is 13.9 Å². The first-order chi connectivity index (χ1) is 11.3. The fraction of sp³-hybridized carbons (Fsp3) is 0.0526. The van der Waals surface area contributed by atoms with Crippen LogP contribution in [0.3, 0.4) is 0 Å². The van der Waals surface area contributed by atoms with Gasteiger partial charge in [0.25, 0.3) is 0 Å². The molecule has 120 valence electrons. The molecule has 2 aromatic heterocycles. The van der Waals surface area contributed by atoms with Crippen LogP contribution in [0.15, 0.2) is 73.1 Å². The van der Waals surface area contributed by atoms with E-state index in [0.717, 1.165) is 28.2 Å². The average molecular weight is 401 g/mol. The van der Waals surface area contributed by atoms with Gasteiger partial charge in [0.2, 0.25) is 0 Å². The number of pyridine rings is 1. The molecule has 0 N–H and O–H groups in total. The molecule has 0 aliphatic carbocycles. The van der Waals surface area contributed by atoms with Gasteiger partial charge in [0.1, 0.15) is 10.8 Å².